The van der Waals surface area contributed by atoms with Crippen molar-refractivity contribution in [2.45, 2.75) is 94.6 Å². The Labute approximate surface area is 404 Å². The molecule has 0 saturated carbocycles. The fourth-order valence-corrected chi connectivity index (χ4v) is 9.68. The number of rotatable bonds is 13. The van der Waals surface area contributed by atoms with Gasteiger partial charge in [0.25, 0.3) is 5.91 Å². The molecule has 69 heavy (non-hydrogen) atoms. The van der Waals surface area contributed by atoms with Crippen molar-refractivity contribution in [1.29, 1.82) is 0 Å². The molecule has 3 atom stereocenters. The molecule has 3 aromatic rings. The molecule has 4 aliphatic heterocycles. The Morgan fingerprint density at radius 3 is 2.04 bits per heavy atom. The molecule has 5 N–H and O–H groups in total. The maximum Gasteiger partial charge on any atom is 0.413 e. The summed E-state index contributed by atoms with van der Waals surface area (Å²) in [5.74, 6) is 2.33. The minimum absolute atomic E-state index is 0.0184. The number of nitrogens with zero attached hydrogens (tertiary/aromatic N) is 7. The number of esters is 2. The predicted octanol–water partition coefficient (Wildman–Crippen LogP) is 3.73. The van der Waals surface area contributed by atoms with Crippen LogP contribution in [0.3, 0.4) is 0 Å². The van der Waals surface area contributed by atoms with Crippen LogP contribution in [-0.4, -0.2) is 149 Å². The molecular weight excluding hydrogens is 939 g/mol. The van der Waals surface area contributed by atoms with E-state index in [-0.39, 0.29) is 43.5 Å². The molecule has 0 spiro atoms. The number of hydrogen-bond acceptors (Lipinski definition) is 17. The summed E-state index contributed by atoms with van der Waals surface area (Å²) in [4.78, 5) is 121. The van der Waals surface area contributed by atoms with Gasteiger partial charge in [0.15, 0.2) is 16.9 Å². The molecular formula is C44H53N11O12S2. The van der Waals surface area contributed by atoms with Gasteiger partial charge < -0.3 is 29.3 Å². The highest BCUT2D eigenvalue weighted by molar-refractivity contribution is 8.02. The van der Waals surface area contributed by atoms with Gasteiger partial charge in [0.1, 0.15) is 28.3 Å². The van der Waals surface area contributed by atoms with Crippen molar-refractivity contribution in [2.75, 3.05) is 38.0 Å². The number of thioether (sulfide) groups is 1. The first-order chi connectivity index (χ1) is 32.4. The van der Waals surface area contributed by atoms with Gasteiger partial charge in [-0.15, -0.1) is 11.3 Å². The summed E-state index contributed by atoms with van der Waals surface area (Å²) in [6.45, 7) is 12.2. The second-order valence-corrected chi connectivity index (χ2v) is 20.9. The lowest BCUT2D eigenvalue weighted by Gasteiger charge is -2.41. The number of β-lactam (4-membered cyclic amide) rings is 1. The number of aromatic nitrogens is 1. The fraction of sp³-hybridized carbons (Fsp3) is 0.455. The van der Waals surface area contributed by atoms with Gasteiger partial charge in [-0.2, -0.15) is 0 Å². The molecule has 0 unspecified atom stereocenters. The van der Waals surface area contributed by atoms with Crippen LogP contribution in [0.15, 0.2) is 71.2 Å². The molecule has 4 fully saturated rings. The Morgan fingerprint density at radius 2 is 1.46 bits per heavy atom. The van der Waals surface area contributed by atoms with E-state index >= 15 is 4.79 Å². The molecule has 0 bridgehead atoms. The van der Waals surface area contributed by atoms with Crippen LogP contribution in [0, 0.1) is 0 Å². The molecule has 7 rings (SSSR count). The molecule has 1 aromatic heterocycles. The van der Waals surface area contributed by atoms with Crippen molar-refractivity contribution in [3.63, 3.8) is 0 Å². The number of amides is 9. The molecule has 4 saturated heterocycles. The lowest BCUT2D eigenvalue weighted by atomic mass is 10.0. The maximum atomic E-state index is 15.0. The first kappa shape index (κ1) is 49.9. The number of thiazole rings is 1. The quantitative estimate of drug-likeness (QED) is 0.0361. The molecule has 9 amide bonds. The molecule has 2 aromatic carbocycles. The van der Waals surface area contributed by atoms with E-state index in [9.17, 15) is 33.6 Å². The van der Waals surface area contributed by atoms with Crippen molar-refractivity contribution in [1.82, 2.24) is 40.4 Å². The van der Waals surface area contributed by atoms with Crippen molar-refractivity contribution in [2.24, 2.45) is 11.0 Å². The zero-order valence-corrected chi connectivity index (χ0v) is 40.7. The number of imide groups is 1. The highest BCUT2D eigenvalue weighted by Crippen LogP contribution is 2.51. The number of hydrazine groups is 2. The molecule has 5 heterocycles. The topological polar surface area (TPSA) is 277 Å². The number of carbonyl (C=O) groups excluding carboxylic acids is 8. The zero-order valence-electron chi connectivity index (χ0n) is 39.0. The van der Waals surface area contributed by atoms with E-state index in [2.05, 4.69) is 26.2 Å². The van der Waals surface area contributed by atoms with Crippen molar-refractivity contribution < 1.29 is 57.4 Å². The van der Waals surface area contributed by atoms with Gasteiger partial charge in [-0.1, -0.05) is 77.6 Å². The van der Waals surface area contributed by atoms with Crippen LogP contribution in [0.4, 0.5) is 24.3 Å². The molecule has 0 radical (unpaired) electrons. The number of nitrogens with one attached hydrogen (secondary N) is 3. The number of ether oxygens (including phenoxy) is 3. The standard InChI is InChI=1S/C44H53N11O12S2/c1-41(2,3)65-34(58)43(7,8)67-50-28(27-23-68-36(46-27)48-38(61)66-42(4,5)6)31(56)47-29-32(57)52-24-44(69-33(29)52,35(59)64-30(25-15-11-9-12-16-25)26-17-13-10-14-18-26)53-20-22-55(40(53)63)49-37(60)51-19-21-54(45)39(51)62/h9-18,23,29-30,33H,19-22,24,45H2,1-8H3,(H,47,56)(H,49,60)(H,46,48,61)/b50-28-/t29-,33+,44-/m1/s1. The van der Waals surface area contributed by atoms with Crippen LogP contribution >= 0.6 is 23.1 Å². The van der Waals surface area contributed by atoms with Gasteiger partial charge >= 0.3 is 36.1 Å². The Morgan fingerprint density at radius 1 is 0.841 bits per heavy atom. The third kappa shape index (κ3) is 10.8. The molecule has 0 aliphatic carbocycles. The number of anilines is 1. The fourth-order valence-electron chi connectivity index (χ4n) is 7.32. The minimum atomic E-state index is -1.95. The summed E-state index contributed by atoms with van der Waals surface area (Å²) in [5.41, 5.74) is -0.421. The monoisotopic (exact) mass is 991 g/mol. The van der Waals surface area contributed by atoms with Crippen molar-refractivity contribution in [3.05, 3.63) is 82.9 Å². The number of oxime groups is 1. The van der Waals surface area contributed by atoms with Crippen LogP contribution in [0.1, 0.15) is 78.3 Å². The van der Waals surface area contributed by atoms with Crippen molar-refractivity contribution in [3.8, 4) is 0 Å². The highest BCUT2D eigenvalue weighted by Gasteiger charge is 2.67. The van der Waals surface area contributed by atoms with E-state index in [1.165, 1.54) is 29.0 Å². The molecule has 23 nitrogen and oxygen atoms in total. The maximum absolute atomic E-state index is 15.0. The number of benzene rings is 2. The Bertz CT molecular complexity index is 2510. The van der Waals surface area contributed by atoms with Crippen molar-refractivity contribution >= 4 is 81.9 Å². The van der Waals surface area contributed by atoms with Gasteiger partial charge in [0.2, 0.25) is 16.4 Å². The predicted molar refractivity (Wildman–Crippen MR) is 248 cm³/mol. The Kier molecular flexibility index (Phi) is 13.9. The number of nitrogens with two attached hydrogens (primary N) is 1. The number of fused-ring (bicyclic) bond motifs is 1. The van der Waals surface area contributed by atoms with Crippen LogP contribution in [0.25, 0.3) is 0 Å². The number of hydrogen-bond donors (Lipinski definition) is 4. The second kappa shape index (κ2) is 19.2. The molecule has 368 valence electrons. The second-order valence-electron chi connectivity index (χ2n) is 18.7. The first-order valence-corrected chi connectivity index (χ1v) is 23.4. The van der Waals surface area contributed by atoms with Crippen LogP contribution in [0.2, 0.25) is 0 Å². The van der Waals surface area contributed by atoms with Gasteiger partial charge in [0, 0.05) is 11.9 Å². The van der Waals surface area contributed by atoms with Crippen LogP contribution in [0.5, 0.6) is 0 Å². The summed E-state index contributed by atoms with van der Waals surface area (Å²) in [5, 5.41) is 11.5. The number of urea groups is 3. The SMILES string of the molecule is CC(C)(C)OC(=O)Nc1nc(/C(=N/OC(C)(C)C(=O)OC(C)(C)C)C(=O)N[C@@H]2C(=O)N3C[C@@](C(=O)OC(c4ccccc4)c4ccccc4)(N4CCN(NC(=O)N5CCN(N)C5=O)C4=O)S[C@@H]23)cs1. The van der Waals surface area contributed by atoms with E-state index in [0.717, 1.165) is 38.0 Å². The molecule has 25 heteroatoms. The smallest absolute Gasteiger partial charge is 0.413 e. The third-order valence-electron chi connectivity index (χ3n) is 10.7. The average Bonchev–Trinajstić information content (AvgIpc) is 4.06. The van der Waals surface area contributed by atoms with E-state index < -0.39 is 92.8 Å². The van der Waals surface area contributed by atoms with E-state index in [1.807, 2.05) is 0 Å². The lowest BCUT2D eigenvalue weighted by molar-refractivity contribution is -0.179. The number of carbonyl (C=O) groups is 8. The minimum Gasteiger partial charge on any atom is -0.457 e. The lowest BCUT2D eigenvalue weighted by Crippen LogP contribution is -2.68. The summed E-state index contributed by atoms with van der Waals surface area (Å²) in [6.07, 6.45) is -1.79. The average molecular weight is 992 g/mol. The summed E-state index contributed by atoms with van der Waals surface area (Å²) < 4.78 is 17.2. The van der Waals surface area contributed by atoms with Gasteiger partial charge in [0.05, 0.1) is 26.2 Å². The van der Waals surface area contributed by atoms with E-state index in [1.54, 1.807) is 102 Å². The van der Waals surface area contributed by atoms with E-state index in [4.69, 9.17) is 24.9 Å². The summed E-state index contributed by atoms with van der Waals surface area (Å²) >= 11 is 1.81. The highest BCUT2D eigenvalue weighted by atomic mass is 32.2. The largest absolute Gasteiger partial charge is 0.457 e. The molecule has 4 aliphatic rings. The van der Waals surface area contributed by atoms with Gasteiger partial charge in [-0.25, -0.2) is 54.9 Å². The summed E-state index contributed by atoms with van der Waals surface area (Å²) in [7, 11) is 0. The normalized spacial score (nSPS) is 20.7. The zero-order chi connectivity index (χ0) is 50.2. The van der Waals surface area contributed by atoms with Crippen LogP contribution in [-0.2, 0) is 38.2 Å². The van der Waals surface area contributed by atoms with Gasteiger partial charge in [-0.05, 0) is 66.5 Å². The van der Waals surface area contributed by atoms with E-state index in [0.29, 0.717) is 11.1 Å². The Balaban J connectivity index is 1.18. The Hall–Kier alpha value is -6.99. The summed E-state index contributed by atoms with van der Waals surface area (Å²) in [6, 6.07) is 14.0. The van der Waals surface area contributed by atoms with Gasteiger partial charge in [-0.3, -0.25) is 24.8 Å². The third-order valence-corrected chi connectivity index (χ3v) is 13.1. The first-order valence-electron chi connectivity index (χ1n) is 21.7. The van der Waals surface area contributed by atoms with Crippen LogP contribution < -0.4 is 21.9 Å².